The molecule has 2 aliphatic heterocycles. The summed E-state index contributed by atoms with van der Waals surface area (Å²) in [4.78, 5) is 18.3. The van der Waals surface area contributed by atoms with Crippen LogP contribution in [0.5, 0.6) is 0 Å². The Morgan fingerprint density at radius 1 is 1.12 bits per heavy atom. The van der Waals surface area contributed by atoms with Gasteiger partial charge in [0.1, 0.15) is 5.82 Å². The number of nitrogens with zero attached hydrogens (tertiary/aromatic N) is 3. The molecule has 2 aliphatic rings. The summed E-state index contributed by atoms with van der Waals surface area (Å²) in [6.45, 7) is 3.27. The monoisotopic (exact) mass is 345 g/mol. The van der Waals surface area contributed by atoms with E-state index >= 15 is 0 Å². The minimum atomic E-state index is -0.813. The molecule has 132 valence electrons. The number of fused-ring (bicyclic) bond motifs is 1. The lowest BCUT2D eigenvalue weighted by atomic mass is 9.93. The van der Waals surface area contributed by atoms with Crippen molar-refractivity contribution in [3.63, 3.8) is 0 Å². The van der Waals surface area contributed by atoms with Crippen molar-refractivity contribution in [1.29, 1.82) is 0 Å². The van der Waals surface area contributed by atoms with Crippen LogP contribution in [0.3, 0.4) is 0 Å². The van der Waals surface area contributed by atoms with Crippen LogP contribution < -0.4 is 5.56 Å². The molecule has 0 saturated carbocycles. The number of hydrogen-bond acceptors (Lipinski definition) is 3. The number of likely N-dealkylation sites (tertiary alicyclic amines) is 1. The van der Waals surface area contributed by atoms with Gasteiger partial charge in [-0.05, 0) is 43.5 Å². The molecule has 1 unspecified atom stereocenters. The Kier molecular flexibility index (Phi) is 4.37. The summed E-state index contributed by atoms with van der Waals surface area (Å²) in [5.41, 5.74) is 1.71. The summed E-state index contributed by atoms with van der Waals surface area (Å²) in [6, 6.07) is 5.77. The predicted octanol–water partition coefficient (Wildman–Crippen LogP) is 2.85. The van der Waals surface area contributed by atoms with Crippen molar-refractivity contribution in [2.75, 3.05) is 13.1 Å². The SMILES string of the molecule is O=c1cc(C2CCCN(Cc3ccc(F)c(F)c3)C2)n2c(n1)CCC2. The van der Waals surface area contributed by atoms with Gasteiger partial charge in [0.15, 0.2) is 11.6 Å². The summed E-state index contributed by atoms with van der Waals surface area (Å²) in [7, 11) is 0. The topological polar surface area (TPSA) is 38.1 Å². The molecule has 3 heterocycles. The molecule has 1 aromatic carbocycles. The normalized spacial score (nSPS) is 20.6. The van der Waals surface area contributed by atoms with E-state index in [0.29, 0.717) is 6.54 Å². The van der Waals surface area contributed by atoms with Crippen molar-refractivity contribution < 1.29 is 8.78 Å². The molecule has 1 aromatic heterocycles. The molecule has 4 nitrogen and oxygen atoms in total. The molecular weight excluding hydrogens is 324 g/mol. The number of rotatable bonds is 3. The van der Waals surface area contributed by atoms with Crippen LogP contribution in [0.2, 0.25) is 0 Å². The molecule has 25 heavy (non-hydrogen) atoms. The second kappa shape index (κ2) is 6.67. The second-order valence-electron chi connectivity index (χ2n) is 7.01. The molecule has 0 radical (unpaired) electrons. The molecule has 4 rings (SSSR count). The molecule has 0 bridgehead atoms. The van der Waals surface area contributed by atoms with Gasteiger partial charge in [0.2, 0.25) is 0 Å². The van der Waals surface area contributed by atoms with E-state index in [0.717, 1.165) is 62.4 Å². The Hall–Kier alpha value is -2.08. The zero-order chi connectivity index (χ0) is 17.4. The fourth-order valence-corrected chi connectivity index (χ4v) is 4.09. The van der Waals surface area contributed by atoms with Crippen molar-refractivity contribution >= 4 is 0 Å². The highest BCUT2D eigenvalue weighted by atomic mass is 19.2. The number of aromatic nitrogens is 2. The van der Waals surface area contributed by atoms with Gasteiger partial charge < -0.3 is 4.57 Å². The first-order valence-corrected chi connectivity index (χ1v) is 8.87. The minimum Gasteiger partial charge on any atom is -0.333 e. The lowest BCUT2D eigenvalue weighted by molar-refractivity contribution is 0.196. The Morgan fingerprint density at radius 3 is 2.84 bits per heavy atom. The van der Waals surface area contributed by atoms with Crippen LogP contribution in [0, 0.1) is 11.6 Å². The first-order chi connectivity index (χ1) is 12.1. The first kappa shape index (κ1) is 16.4. The van der Waals surface area contributed by atoms with Gasteiger partial charge in [-0.15, -0.1) is 0 Å². The summed E-state index contributed by atoms with van der Waals surface area (Å²) in [6.07, 6.45) is 3.97. The minimum absolute atomic E-state index is 0.152. The molecule has 0 amide bonds. The fraction of sp³-hybridized carbons (Fsp3) is 0.474. The van der Waals surface area contributed by atoms with Crippen molar-refractivity contribution in [2.24, 2.45) is 0 Å². The largest absolute Gasteiger partial charge is 0.333 e. The fourth-order valence-electron chi connectivity index (χ4n) is 4.09. The lowest BCUT2D eigenvalue weighted by Gasteiger charge is -2.34. The maximum atomic E-state index is 13.4. The van der Waals surface area contributed by atoms with Crippen molar-refractivity contribution in [3.05, 3.63) is 63.3 Å². The third-order valence-corrected chi connectivity index (χ3v) is 5.23. The van der Waals surface area contributed by atoms with Crippen LogP contribution in [0.25, 0.3) is 0 Å². The van der Waals surface area contributed by atoms with E-state index in [-0.39, 0.29) is 11.5 Å². The maximum Gasteiger partial charge on any atom is 0.273 e. The number of hydrogen-bond donors (Lipinski definition) is 0. The van der Waals surface area contributed by atoms with Gasteiger partial charge in [0, 0.05) is 43.7 Å². The van der Waals surface area contributed by atoms with Gasteiger partial charge >= 0.3 is 0 Å². The van der Waals surface area contributed by atoms with Gasteiger partial charge in [0.05, 0.1) is 0 Å². The van der Waals surface area contributed by atoms with E-state index in [2.05, 4.69) is 14.5 Å². The van der Waals surface area contributed by atoms with Crippen molar-refractivity contribution in [2.45, 2.75) is 44.7 Å². The Balaban J connectivity index is 1.53. The summed E-state index contributed by atoms with van der Waals surface area (Å²) in [5.74, 6) is -0.427. The highest BCUT2D eigenvalue weighted by molar-refractivity contribution is 5.19. The van der Waals surface area contributed by atoms with Gasteiger partial charge in [-0.25, -0.2) is 8.78 Å². The average Bonchev–Trinajstić information content (AvgIpc) is 3.06. The summed E-state index contributed by atoms with van der Waals surface area (Å²) in [5, 5.41) is 0. The zero-order valence-corrected chi connectivity index (χ0v) is 14.0. The molecule has 6 heteroatoms. The van der Waals surface area contributed by atoms with Gasteiger partial charge in [-0.1, -0.05) is 6.07 Å². The molecule has 1 atom stereocenters. The third-order valence-electron chi connectivity index (χ3n) is 5.23. The standard InChI is InChI=1S/C19H21F2N3O/c20-15-6-5-13(9-16(15)21)11-23-7-1-3-14(12-23)17-10-19(25)22-18-4-2-8-24(17)18/h5-6,9-10,14H,1-4,7-8,11-12H2. The third kappa shape index (κ3) is 3.35. The zero-order valence-electron chi connectivity index (χ0n) is 14.0. The number of halogens is 2. The number of aryl methyl sites for hydroxylation is 1. The van der Waals surface area contributed by atoms with E-state index in [1.54, 1.807) is 12.1 Å². The second-order valence-corrected chi connectivity index (χ2v) is 7.01. The predicted molar refractivity (Wildman–Crippen MR) is 90.4 cm³/mol. The van der Waals surface area contributed by atoms with Crippen molar-refractivity contribution in [3.8, 4) is 0 Å². The molecule has 1 fully saturated rings. The Labute approximate surface area is 145 Å². The Bertz CT molecular complexity index is 849. The van der Waals surface area contributed by atoms with Gasteiger partial charge in [0.25, 0.3) is 5.56 Å². The molecule has 0 spiro atoms. The van der Waals surface area contributed by atoms with Crippen LogP contribution in [0.1, 0.15) is 42.3 Å². The first-order valence-electron chi connectivity index (χ1n) is 8.87. The number of piperidine rings is 1. The van der Waals surface area contributed by atoms with E-state index in [1.807, 2.05) is 0 Å². The Morgan fingerprint density at radius 2 is 2.00 bits per heavy atom. The average molecular weight is 345 g/mol. The molecule has 0 aliphatic carbocycles. The van der Waals surface area contributed by atoms with Crippen LogP contribution in [-0.2, 0) is 19.5 Å². The lowest BCUT2D eigenvalue weighted by Crippen LogP contribution is -2.35. The van der Waals surface area contributed by atoms with E-state index in [1.165, 1.54) is 12.1 Å². The molecule has 2 aromatic rings. The van der Waals surface area contributed by atoms with E-state index < -0.39 is 11.6 Å². The molecule has 1 saturated heterocycles. The van der Waals surface area contributed by atoms with Gasteiger partial charge in [-0.3, -0.25) is 9.69 Å². The van der Waals surface area contributed by atoms with E-state index in [4.69, 9.17) is 0 Å². The summed E-state index contributed by atoms with van der Waals surface area (Å²) < 4.78 is 28.7. The quantitative estimate of drug-likeness (QED) is 0.859. The van der Waals surface area contributed by atoms with Crippen molar-refractivity contribution in [1.82, 2.24) is 14.5 Å². The van der Waals surface area contributed by atoms with Crippen LogP contribution in [-0.4, -0.2) is 27.5 Å². The smallest absolute Gasteiger partial charge is 0.273 e. The highest BCUT2D eigenvalue weighted by Crippen LogP contribution is 2.29. The summed E-state index contributed by atoms with van der Waals surface area (Å²) >= 11 is 0. The molecular formula is C19H21F2N3O. The van der Waals surface area contributed by atoms with Gasteiger partial charge in [-0.2, -0.15) is 4.98 Å². The maximum absolute atomic E-state index is 13.4. The van der Waals surface area contributed by atoms with E-state index in [9.17, 15) is 13.6 Å². The van der Waals surface area contributed by atoms with Crippen LogP contribution in [0.4, 0.5) is 8.78 Å². The van der Waals surface area contributed by atoms with Crippen LogP contribution >= 0.6 is 0 Å². The highest BCUT2D eigenvalue weighted by Gasteiger charge is 2.26. The van der Waals surface area contributed by atoms with Crippen LogP contribution in [0.15, 0.2) is 29.1 Å². The number of benzene rings is 1. The molecule has 0 N–H and O–H groups in total.